The van der Waals surface area contributed by atoms with Crippen molar-refractivity contribution in [2.75, 3.05) is 19.7 Å². The summed E-state index contributed by atoms with van der Waals surface area (Å²) < 4.78 is 5.65. The lowest BCUT2D eigenvalue weighted by molar-refractivity contribution is -0.134. The minimum atomic E-state index is -0.0540. The van der Waals surface area contributed by atoms with Crippen molar-refractivity contribution >= 4 is 52.0 Å². The first-order valence-electron chi connectivity index (χ1n) is 12.1. The van der Waals surface area contributed by atoms with Crippen molar-refractivity contribution in [3.63, 3.8) is 0 Å². The predicted octanol–water partition coefficient (Wildman–Crippen LogP) is 8.53. The minimum absolute atomic E-state index is 0.0502. The van der Waals surface area contributed by atoms with Crippen LogP contribution in [0.15, 0.2) is 66.7 Å². The van der Waals surface area contributed by atoms with Gasteiger partial charge in [0.1, 0.15) is 5.75 Å². The van der Waals surface area contributed by atoms with E-state index in [2.05, 4.69) is 31.2 Å². The number of hydrogen-bond acceptors (Lipinski definition) is 4. The highest BCUT2D eigenvalue weighted by atomic mass is 35.5. The van der Waals surface area contributed by atoms with E-state index in [1.165, 1.54) is 5.56 Å². The van der Waals surface area contributed by atoms with E-state index in [0.29, 0.717) is 39.8 Å². The zero-order chi connectivity index (χ0) is 25.9. The van der Waals surface area contributed by atoms with E-state index in [1.807, 2.05) is 29.2 Å². The molecule has 4 aromatic rings. The highest BCUT2D eigenvalue weighted by molar-refractivity contribution is 7.15. The number of hydrogen-bond donors (Lipinski definition) is 0. The Kier molecular flexibility index (Phi) is 8.06. The summed E-state index contributed by atoms with van der Waals surface area (Å²) in [5.41, 5.74) is 4.41. The molecule has 0 bridgehead atoms. The topological polar surface area (TPSA) is 42.4 Å². The number of aromatic nitrogens is 1. The second kappa shape index (κ2) is 11.4. The van der Waals surface area contributed by atoms with Crippen molar-refractivity contribution in [2.45, 2.75) is 25.7 Å². The van der Waals surface area contributed by atoms with Crippen molar-refractivity contribution < 1.29 is 9.53 Å². The van der Waals surface area contributed by atoms with Gasteiger partial charge in [0.2, 0.25) is 0 Å². The van der Waals surface area contributed by atoms with Crippen molar-refractivity contribution in [3.05, 3.63) is 92.4 Å². The molecule has 1 saturated heterocycles. The number of carbonyl (C=O) groups excluding carboxylic acids is 1. The van der Waals surface area contributed by atoms with Crippen molar-refractivity contribution in [1.29, 1.82) is 0 Å². The van der Waals surface area contributed by atoms with Crippen LogP contribution in [-0.2, 0) is 4.79 Å². The number of ether oxygens (including phenoxy) is 1. The smallest absolute Gasteiger partial charge is 0.260 e. The first-order chi connectivity index (χ1) is 17.9. The molecule has 37 heavy (non-hydrogen) atoms. The summed E-state index contributed by atoms with van der Waals surface area (Å²) in [6.45, 7) is 3.36. The van der Waals surface area contributed by atoms with Crippen LogP contribution in [0.4, 0.5) is 0 Å². The standard InChI is InChI=1S/C29H25Cl3N2O2S/c1-18-2-4-20(5-3-18)28-27(19-6-8-22(30)9-7-19)33-29(37-28)21-12-14-34(15-13-21)26(35)17-36-25-11-10-23(31)16-24(25)32/h2-11,16,21H,12-15,17H2,1H3. The Balaban J connectivity index is 1.29. The maximum atomic E-state index is 12.8. The molecular weight excluding hydrogens is 547 g/mol. The Morgan fingerprint density at radius 2 is 1.59 bits per heavy atom. The van der Waals surface area contributed by atoms with Gasteiger partial charge in [-0.3, -0.25) is 4.79 Å². The molecule has 5 rings (SSSR count). The Morgan fingerprint density at radius 1 is 0.946 bits per heavy atom. The van der Waals surface area contributed by atoms with Crippen LogP contribution in [0.3, 0.4) is 0 Å². The number of amides is 1. The van der Waals surface area contributed by atoms with E-state index in [9.17, 15) is 4.79 Å². The first kappa shape index (κ1) is 26.1. The van der Waals surface area contributed by atoms with Gasteiger partial charge in [-0.15, -0.1) is 11.3 Å². The average Bonchev–Trinajstić information content (AvgIpc) is 3.34. The Labute approximate surface area is 235 Å². The van der Waals surface area contributed by atoms with E-state index < -0.39 is 0 Å². The fourth-order valence-corrected chi connectivity index (χ4v) is 6.27. The summed E-state index contributed by atoms with van der Waals surface area (Å²) in [6, 6.07) is 21.4. The largest absolute Gasteiger partial charge is 0.482 e. The number of carbonyl (C=O) groups is 1. The molecule has 0 radical (unpaired) electrons. The molecule has 1 aliphatic heterocycles. The number of rotatable bonds is 6. The van der Waals surface area contributed by atoms with E-state index in [1.54, 1.807) is 29.5 Å². The lowest BCUT2D eigenvalue weighted by Crippen LogP contribution is -2.40. The molecule has 1 amide bonds. The van der Waals surface area contributed by atoms with E-state index in [-0.39, 0.29) is 12.5 Å². The van der Waals surface area contributed by atoms with Crippen molar-refractivity contribution in [1.82, 2.24) is 9.88 Å². The van der Waals surface area contributed by atoms with Crippen LogP contribution in [0.2, 0.25) is 15.1 Å². The molecule has 0 unspecified atom stereocenters. The van der Waals surface area contributed by atoms with E-state index in [4.69, 9.17) is 44.5 Å². The van der Waals surface area contributed by atoms with Gasteiger partial charge in [0.15, 0.2) is 6.61 Å². The minimum Gasteiger partial charge on any atom is -0.482 e. The Morgan fingerprint density at radius 3 is 2.27 bits per heavy atom. The monoisotopic (exact) mass is 570 g/mol. The molecule has 3 aromatic carbocycles. The number of nitrogens with zero attached hydrogens (tertiary/aromatic N) is 2. The lowest BCUT2D eigenvalue weighted by Gasteiger charge is -2.31. The van der Waals surface area contributed by atoms with Crippen LogP contribution in [-0.4, -0.2) is 35.5 Å². The molecular formula is C29H25Cl3N2O2S. The molecule has 0 N–H and O–H groups in total. The maximum absolute atomic E-state index is 12.8. The zero-order valence-corrected chi connectivity index (χ0v) is 23.3. The van der Waals surface area contributed by atoms with Crippen molar-refractivity contribution in [2.24, 2.45) is 0 Å². The number of halogens is 3. The normalized spacial score (nSPS) is 14.1. The summed E-state index contributed by atoms with van der Waals surface area (Å²) in [7, 11) is 0. The molecule has 190 valence electrons. The lowest BCUT2D eigenvalue weighted by atomic mass is 9.97. The number of thiazole rings is 1. The van der Waals surface area contributed by atoms with Gasteiger partial charge in [0.05, 0.1) is 20.6 Å². The highest BCUT2D eigenvalue weighted by Gasteiger charge is 2.28. The van der Waals surface area contributed by atoms with Gasteiger partial charge >= 0.3 is 0 Å². The fraction of sp³-hybridized carbons (Fsp3) is 0.241. The van der Waals surface area contributed by atoms with Gasteiger partial charge in [-0.25, -0.2) is 4.98 Å². The molecule has 2 heterocycles. The van der Waals surface area contributed by atoms with Gasteiger partial charge in [-0.2, -0.15) is 0 Å². The van der Waals surface area contributed by atoms with Crippen LogP contribution in [0.1, 0.15) is 29.3 Å². The summed E-state index contributed by atoms with van der Waals surface area (Å²) >= 11 is 20.0. The molecule has 1 aliphatic rings. The van der Waals surface area contributed by atoms with E-state index in [0.717, 1.165) is 39.5 Å². The third-order valence-corrected chi connectivity index (χ3v) is 8.57. The van der Waals surface area contributed by atoms with Crippen molar-refractivity contribution in [3.8, 4) is 27.4 Å². The van der Waals surface area contributed by atoms with Gasteiger partial charge < -0.3 is 9.64 Å². The molecule has 4 nitrogen and oxygen atoms in total. The van der Waals surface area contributed by atoms with Crippen LogP contribution in [0.25, 0.3) is 21.7 Å². The number of benzene rings is 3. The fourth-order valence-electron chi connectivity index (χ4n) is 4.41. The molecule has 0 atom stereocenters. The van der Waals surface area contributed by atoms with Gasteiger partial charge in [0.25, 0.3) is 5.91 Å². The summed E-state index contributed by atoms with van der Waals surface area (Å²) in [5, 5.41) is 2.73. The SMILES string of the molecule is Cc1ccc(-c2sc(C3CCN(C(=O)COc4ccc(Cl)cc4Cl)CC3)nc2-c2ccc(Cl)cc2)cc1. The molecule has 0 aliphatic carbocycles. The van der Waals surface area contributed by atoms with Gasteiger partial charge in [-0.05, 0) is 55.7 Å². The molecule has 1 aromatic heterocycles. The maximum Gasteiger partial charge on any atom is 0.260 e. The number of likely N-dealkylation sites (tertiary alicyclic amines) is 1. The highest BCUT2D eigenvalue weighted by Crippen LogP contribution is 2.42. The first-order valence-corrected chi connectivity index (χ1v) is 14.0. The molecule has 0 spiro atoms. The Bertz CT molecular complexity index is 1330. The molecule has 8 heteroatoms. The Hall–Kier alpha value is -2.57. The second-order valence-electron chi connectivity index (χ2n) is 9.12. The second-order valence-corrected chi connectivity index (χ2v) is 11.4. The summed E-state index contributed by atoms with van der Waals surface area (Å²) in [4.78, 5) is 20.9. The molecule has 1 fully saturated rings. The average molecular weight is 572 g/mol. The van der Waals surface area contributed by atoms with Gasteiger partial charge in [-0.1, -0.05) is 76.8 Å². The van der Waals surface area contributed by atoms with Crippen LogP contribution in [0, 0.1) is 6.92 Å². The zero-order valence-electron chi connectivity index (χ0n) is 20.2. The third kappa shape index (κ3) is 6.12. The quantitative estimate of drug-likeness (QED) is 0.233. The third-order valence-electron chi connectivity index (χ3n) is 6.52. The summed E-state index contributed by atoms with van der Waals surface area (Å²) in [6.07, 6.45) is 1.71. The van der Waals surface area contributed by atoms with E-state index >= 15 is 0 Å². The van der Waals surface area contributed by atoms with Crippen LogP contribution < -0.4 is 4.74 Å². The number of piperidine rings is 1. The summed E-state index contributed by atoms with van der Waals surface area (Å²) in [5.74, 6) is 0.701. The molecule has 0 saturated carbocycles. The number of aryl methyl sites for hydroxylation is 1. The van der Waals surface area contributed by atoms with Gasteiger partial charge in [0, 0.05) is 34.6 Å². The predicted molar refractivity (Wildman–Crippen MR) is 153 cm³/mol. The van der Waals surface area contributed by atoms with Crippen LogP contribution >= 0.6 is 46.1 Å². The van der Waals surface area contributed by atoms with Crippen LogP contribution in [0.5, 0.6) is 5.75 Å².